The van der Waals surface area contributed by atoms with Crippen LogP contribution in [0.15, 0.2) is 23.1 Å². The number of halogens is 2. The third kappa shape index (κ3) is 3.94. The maximum Gasteiger partial charge on any atom is 0.240 e. The number of benzene rings is 1. The molecule has 0 saturated carbocycles. The molecule has 4 nitrogen and oxygen atoms in total. The van der Waals surface area contributed by atoms with E-state index in [9.17, 15) is 12.8 Å². The van der Waals surface area contributed by atoms with Gasteiger partial charge in [0.1, 0.15) is 5.82 Å². The third-order valence-electron chi connectivity index (χ3n) is 4.01. The molecule has 2 rings (SSSR count). The Kier molecular flexibility index (Phi) is 4.92. The second-order valence-corrected chi connectivity index (χ2v) is 8.20. The molecule has 1 heterocycles. The van der Waals surface area contributed by atoms with Gasteiger partial charge in [0.25, 0.3) is 0 Å². The second-order valence-electron chi connectivity index (χ2n) is 6.03. The molecule has 1 fully saturated rings. The zero-order valence-electron chi connectivity index (χ0n) is 12.1. The van der Waals surface area contributed by atoms with E-state index >= 15 is 0 Å². The van der Waals surface area contributed by atoms with Crippen molar-refractivity contribution >= 4 is 21.6 Å². The highest BCUT2D eigenvalue weighted by Gasteiger charge is 2.32. The lowest BCUT2D eigenvalue weighted by Crippen LogP contribution is -2.52. The van der Waals surface area contributed by atoms with E-state index in [1.807, 2.05) is 0 Å². The average molecular weight is 335 g/mol. The van der Waals surface area contributed by atoms with Crippen LogP contribution in [0.5, 0.6) is 0 Å². The number of sulfonamides is 1. The summed E-state index contributed by atoms with van der Waals surface area (Å²) in [6.45, 7) is 5.42. The highest BCUT2D eigenvalue weighted by atomic mass is 35.5. The van der Waals surface area contributed by atoms with Crippen LogP contribution in [0.4, 0.5) is 4.39 Å². The third-order valence-corrected chi connectivity index (χ3v) is 5.72. The molecule has 118 valence electrons. The normalized spacial score (nSPS) is 22.2. The van der Waals surface area contributed by atoms with Crippen LogP contribution in [-0.2, 0) is 10.0 Å². The fourth-order valence-corrected chi connectivity index (χ4v) is 3.86. The second kappa shape index (κ2) is 6.20. The quantitative estimate of drug-likeness (QED) is 0.889. The number of piperidine rings is 1. The highest BCUT2D eigenvalue weighted by Crippen LogP contribution is 2.30. The molecule has 7 heteroatoms. The van der Waals surface area contributed by atoms with Crippen molar-refractivity contribution in [3.63, 3.8) is 0 Å². The van der Waals surface area contributed by atoms with Crippen LogP contribution in [0, 0.1) is 11.2 Å². The van der Waals surface area contributed by atoms with Gasteiger partial charge in [-0.3, -0.25) is 0 Å². The first-order valence-corrected chi connectivity index (χ1v) is 8.76. The predicted molar refractivity (Wildman–Crippen MR) is 81.4 cm³/mol. The van der Waals surface area contributed by atoms with E-state index in [0.717, 1.165) is 31.5 Å². The van der Waals surface area contributed by atoms with Gasteiger partial charge in [-0.15, -0.1) is 0 Å². The van der Waals surface area contributed by atoms with Crippen molar-refractivity contribution in [3.05, 3.63) is 29.0 Å². The molecule has 0 amide bonds. The van der Waals surface area contributed by atoms with Crippen LogP contribution < -0.4 is 10.0 Å². The largest absolute Gasteiger partial charge is 0.312 e. The minimum absolute atomic E-state index is 0.0254. The lowest BCUT2D eigenvalue weighted by atomic mass is 9.78. The Bertz CT molecular complexity index is 619. The van der Waals surface area contributed by atoms with Gasteiger partial charge >= 0.3 is 0 Å². The van der Waals surface area contributed by atoms with Crippen LogP contribution >= 0.6 is 11.6 Å². The molecular weight excluding hydrogens is 315 g/mol. The number of nitrogens with one attached hydrogen (secondary N) is 2. The SMILES string of the molecule is CC1(C)CCCNC1CNS(=O)(=O)c1ccc(F)c(Cl)c1. The summed E-state index contributed by atoms with van der Waals surface area (Å²) in [5, 5.41) is 3.14. The first kappa shape index (κ1) is 16.7. The van der Waals surface area contributed by atoms with Crippen molar-refractivity contribution in [1.29, 1.82) is 0 Å². The Morgan fingerprint density at radius 1 is 1.48 bits per heavy atom. The summed E-state index contributed by atoms with van der Waals surface area (Å²) in [4.78, 5) is -0.0254. The lowest BCUT2D eigenvalue weighted by molar-refractivity contribution is 0.181. The topological polar surface area (TPSA) is 58.2 Å². The summed E-state index contributed by atoms with van der Waals surface area (Å²) in [5.74, 6) is -0.634. The van der Waals surface area contributed by atoms with Gasteiger partial charge < -0.3 is 5.32 Å². The molecule has 1 aliphatic rings. The standard InChI is InChI=1S/C14H20ClFN2O2S/c1-14(2)6-3-7-17-13(14)9-18-21(19,20)10-4-5-12(16)11(15)8-10/h4-5,8,13,17-18H,3,6-7,9H2,1-2H3. The van der Waals surface area contributed by atoms with Crippen molar-refractivity contribution in [3.8, 4) is 0 Å². The number of hydrogen-bond acceptors (Lipinski definition) is 3. The Morgan fingerprint density at radius 3 is 2.81 bits per heavy atom. The summed E-state index contributed by atoms with van der Waals surface area (Å²) in [6.07, 6.45) is 2.14. The molecule has 21 heavy (non-hydrogen) atoms. The Balaban J connectivity index is 2.09. The Labute approximate surface area is 130 Å². The van der Waals surface area contributed by atoms with Gasteiger partial charge in [-0.25, -0.2) is 17.5 Å². The molecule has 1 aromatic rings. The number of hydrogen-bond donors (Lipinski definition) is 2. The molecule has 1 saturated heterocycles. The van der Waals surface area contributed by atoms with Crippen LogP contribution in [0.1, 0.15) is 26.7 Å². The first-order valence-electron chi connectivity index (χ1n) is 6.90. The van der Waals surface area contributed by atoms with Crippen molar-refractivity contribution < 1.29 is 12.8 Å². The van der Waals surface area contributed by atoms with E-state index in [4.69, 9.17) is 11.6 Å². The molecule has 0 spiro atoms. The van der Waals surface area contributed by atoms with E-state index in [0.29, 0.717) is 6.54 Å². The summed E-state index contributed by atoms with van der Waals surface area (Å²) in [6, 6.07) is 3.46. The first-order chi connectivity index (χ1) is 9.72. The lowest BCUT2D eigenvalue weighted by Gasteiger charge is -2.39. The monoisotopic (exact) mass is 334 g/mol. The fourth-order valence-electron chi connectivity index (χ4n) is 2.54. The van der Waals surface area contributed by atoms with E-state index in [-0.39, 0.29) is 21.4 Å². The Morgan fingerprint density at radius 2 is 2.19 bits per heavy atom. The van der Waals surface area contributed by atoms with Gasteiger partial charge in [0.2, 0.25) is 10.0 Å². The summed E-state index contributed by atoms with van der Waals surface area (Å²) >= 11 is 5.63. The molecule has 1 aliphatic heterocycles. The van der Waals surface area contributed by atoms with Gasteiger partial charge in [0.15, 0.2) is 0 Å². The maximum absolute atomic E-state index is 13.1. The molecule has 1 atom stereocenters. The van der Waals surface area contributed by atoms with E-state index in [1.165, 1.54) is 6.07 Å². The number of rotatable bonds is 4. The minimum atomic E-state index is -3.69. The molecule has 1 unspecified atom stereocenters. The molecule has 2 N–H and O–H groups in total. The van der Waals surface area contributed by atoms with Crippen molar-refractivity contribution in [2.24, 2.45) is 5.41 Å². The molecule has 0 aliphatic carbocycles. The van der Waals surface area contributed by atoms with Gasteiger partial charge in [0.05, 0.1) is 9.92 Å². The predicted octanol–water partition coefficient (Wildman–Crippen LogP) is 2.54. The molecular formula is C14H20ClFN2O2S. The summed E-state index contributed by atoms with van der Waals surface area (Å²) in [7, 11) is -3.69. The summed E-state index contributed by atoms with van der Waals surface area (Å²) in [5.41, 5.74) is 0.0290. The van der Waals surface area contributed by atoms with Crippen LogP contribution in [0.25, 0.3) is 0 Å². The summed E-state index contributed by atoms with van der Waals surface area (Å²) < 4.78 is 40.1. The van der Waals surface area contributed by atoms with Gasteiger partial charge in [0, 0.05) is 12.6 Å². The van der Waals surface area contributed by atoms with Gasteiger partial charge in [-0.2, -0.15) is 0 Å². The van der Waals surface area contributed by atoms with Gasteiger partial charge in [-0.1, -0.05) is 25.4 Å². The smallest absolute Gasteiger partial charge is 0.240 e. The fraction of sp³-hybridized carbons (Fsp3) is 0.571. The zero-order chi connectivity index (χ0) is 15.7. The average Bonchev–Trinajstić information content (AvgIpc) is 2.40. The molecule has 0 bridgehead atoms. The van der Waals surface area contributed by atoms with Crippen LogP contribution in [0.3, 0.4) is 0 Å². The molecule has 0 aromatic heterocycles. The van der Waals surface area contributed by atoms with Crippen molar-refractivity contribution in [2.45, 2.75) is 37.6 Å². The van der Waals surface area contributed by atoms with Crippen molar-refractivity contribution in [2.75, 3.05) is 13.1 Å². The highest BCUT2D eigenvalue weighted by molar-refractivity contribution is 7.89. The van der Waals surface area contributed by atoms with Gasteiger partial charge in [-0.05, 0) is 43.0 Å². The van der Waals surface area contributed by atoms with E-state index in [1.54, 1.807) is 0 Å². The molecule has 1 aromatic carbocycles. The minimum Gasteiger partial charge on any atom is -0.312 e. The zero-order valence-corrected chi connectivity index (χ0v) is 13.7. The van der Waals surface area contributed by atoms with E-state index in [2.05, 4.69) is 23.9 Å². The van der Waals surface area contributed by atoms with Crippen molar-refractivity contribution in [1.82, 2.24) is 10.0 Å². The van der Waals surface area contributed by atoms with E-state index < -0.39 is 15.8 Å². The molecule has 0 radical (unpaired) electrons. The van der Waals surface area contributed by atoms with Crippen LogP contribution in [0.2, 0.25) is 5.02 Å². The Hall–Kier alpha value is -0.690. The maximum atomic E-state index is 13.1. The van der Waals surface area contributed by atoms with Crippen LogP contribution in [-0.4, -0.2) is 27.5 Å².